The molecule has 15 heteroatoms. The Kier molecular flexibility index (Phi) is 22.1. The fourth-order valence-corrected chi connectivity index (χ4v) is 9.07. The number of rotatable bonds is 16. The van der Waals surface area contributed by atoms with E-state index in [4.69, 9.17) is 37.1 Å². The van der Waals surface area contributed by atoms with Gasteiger partial charge in [0.1, 0.15) is 25.6 Å². The van der Waals surface area contributed by atoms with Gasteiger partial charge in [0.05, 0.1) is 6.20 Å². The Morgan fingerprint density at radius 1 is 0.547 bits per heavy atom. The Balaban J connectivity index is 0.000000161. The van der Waals surface area contributed by atoms with Gasteiger partial charge >= 0.3 is 0 Å². The molecule has 0 spiro atoms. The van der Waals surface area contributed by atoms with E-state index in [0.29, 0.717) is 69.5 Å². The summed E-state index contributed by atoms with van der Waals surface area (Å²) in [6.45, 7) is 8.64. The number of aromatic nitrogens is 4. The predicted octanol–water partition coefficient (Wildman–Crippen LogP) is 5.30. The summed E-state index contributed by atoms with van der Waals surface area (Å²) in [6.07, 6.45) is 23.4. The van der Waals surface area contributed by atoms with Gasteiger partial charge in [-0.1, -0.05) is 18.2 Å². The zero-order valence-corrected chi connectivity index (χ0v) is 39.2. The van der Waals surface area contributed by atoms with Crippen molar-refractivity contribution < 1.29 is 14.2 Å². The zero-order valence-electron chi connectivity index (χ0n) is 39.2. The molecule has 8 N–H and O–H groups in total. The van der Waals surface area contributed by atoms with Gasteiger partial charge in [-0.25, -0.2) is 9.97 Å². The number of hydrogen-bond acceptors (Lipinski definition) is 15. The summed E-state index contributed by atoms with van der Waals surface area (Å²) in [7, 11) is 8.67. The first kappa shape index (κ1) is 50.7. The number of pyridine rings is 4. The molecule has 4 atom stereocenters. The third-order valence-corrected chi connectivity index (χ3v) is 12.5. The summed E-state index contributed by atoms with van der Waals surface area (Å²) < 4.78 is 16.4. The molecular weight excluding hydrogens is 805 g/mol. The minimum atomic E-state index is 0.446. The molecule has 8 rings (SSSR count). The molecular formula is C49H78N12O3. The highest BCUT2D eigenvalue weighted by molar-refractivity contribution is 5.30. The lowest BCUT2D eigenvalue weighted by Crippen LogP contribution is -2.19. The van der Waals surface area contributed by atoms with Crippen molar-refractivity contribution in [1.29, 1.82) is 0 Å². The van der Waals surface area contributed by atoms with Gasteiger partial charge in [0.2, 0.25) is 11.8 Å². The van der Waals surface area contributed by atoms with E-state index in [1.54, 1.807) is 12.4 Å². The van der Waals surface area contributed by atoms with E-state index >= 15 is 0 Å². The molecule has 0 radical (unpaired) electrons. The molecule has 8 heterocycles. The Morgan fingerprint density at radius 2 is 1.09 bits per heavy atom. The SMILES string of the molecule is CN1CCC[C@H]1c1ccc(OCCN)nc1.CN1CCC[C@H]1c1cccnc1OCCN.CN1CCC[C@H]1c1cncc(CCCN)c1.CN1CCC[C@H]1c1cncc(OCCN)c1. The van der Waals surface area contributed by atoms with Crippen molar-refractivity contribution >= 4 is 0 Å². The Morgan fingerprint density at radius 3 is 1.64 bits per heavy atom. The molecule has 0 aliphatic carbocycles. The topological polar surface area (TPSA) is 196 Å². The van der Waals surface area contributed by atoms with Crippen LogP contribution in [0.15, 0.2) is 73.6 Å². The van der Waals surface area contributed by atoms with Crippen LogP contribution in [0.5, 0.6) is 17.5 Å². The maximum absolute atomic E-state index is 5.58. The first-order chi connectivity index (χ1) is 31.3. The average Bonchev–Trinajstić information content (AvgIpc) is 4.16. The normalized spacial score (nSPS) is 21.3. The van der Waals surface area contributed by atoms with Crippen molar-refractivity contribution in [3.8, 4) is 17.5 Å². The fraction of sp³-hybridized carbons (Fsp3) is 0.592. The van der Waals surface area contributed by atoms with Crippen LogP contribution in [0, 0.1) is 0 Å². The Hall–Kier alpha value is -4.32. The molecule has 15 nitrogen and oxygen atoms in total. The van der Waals surface area contributed by atoms with Gasteiger partial charge in [0.25, 0.3) is 0 Å². The molecule has 0 bridgehead atoms. The third-order valence-electron chi connectivity index (χ3n) is 12.5. The molecule has 4 fully saturated rings. The van der Waals surface area contributed by atoms with Crippen LogP contribution in [0.4, 0.5) is 0 Å². The molecule has 4 aromatic heterocycles. The minimum Gasteiger partial charge on any atom is -0.491 e. The summed E-state index contributed by atoms with van der Waals surface area (Å²) in [6, 6.07) is 14.5. The van der Waals surface area contributed by atoms with Gasteiger partial charge in [-0.05, 0) is 160 Å². The molecule has 0 amide bonds. The van der Waals surface area contributed by atoms with Crippen molar-refractivity contribution in [2.45, 2.75) is 88.4 Å². The standard InChI is InChI=1S/C13H21N3.3C12H19N3O/c1-16-7-3-5-13(16)12-8-11(4-2-6-14)9-15-10-12;1-15-8-3-5-11(15)10-4-2-7-14-12(10)16-9-6-13;1-15-7-2-3-11(15)10-4-5-12(14-9-10)16-8-6-13;1-15-5-2-3-12(15)10-7-11(9-14-8-10)16-6-4-13/h8-10,13H,2-7,14H2,1H3;2,4,7,11H,3,5-6,8-9,13H2,1H3;4-5,9,11H,2-3,6-8,13H2,1H3;7-9,12H,2-6,13H2,1H3/t13-;2*11-;12-/m0000/s1. The summed E-state index contributed by atoms with van der Waals surface area (Å²) in [5, 5.41) is 0. The number of aryl methyl sites for hydroxylation is 1. The lowest BCUT2D eigenvalue weighted by Gasteiger charge is -2.21. The van der Waals surface area contributed by atoms with Crippen LogP contribution in [0.25, 0.3) is 0 Å². The van der Waals surface area contributed by atoms with Gasteiger partial charge < -0.3 is 37.1 Å². The highest BCUT2D eigenvalue weighted by atomic mass is 16.5. The van der Waals surface area contributed by atoms with Gasteiger partial charge in [-0.15, -0.1) is 0 Å². The van der Waals surface area contributed by atoms with Crippen LogP contribution in [-0.2, 0) is 6.42 Å². The number of nitrogens with two attached hydrogens (primary N) is 4. The number of hydrogen-bond donors (Lipinski definition) is 4. The number of nitrogens with zero attached hydrogens (tertiary/aromatic N) is 8. The van der Waals surface area contributed by atoms with Gasteiger partial charge in [-0.2, -0.15) is 0 Å². The van der Waals surface area contributed by atoms with Crippen molar-refractivity contribution in [1.82, 2.24) is 39.5 Å². The maximum atomic E-state index is 5.58. The van der Waals surface area contributed by atoms with Crippen LogP contribution in [-0.4, -0.2) is 140 Å². The smallest absolute Gasteiger partial charge is 0.218 e. The number of likely N-dealkylation sites (tertiary alicyclic amines) is 4. The molecule has 4 aromatic rings. The highest BCUT2D eigenvalue weighted by Gasteiger charge is 2.27. The summed E-state index contributed by atoms with van der Waals surface area (Å²) in [4.78, 5) is 26.7. The van der Waals surface area contributed by atoms with Gasteiger partial charge in [-0.3, -0.25) is 29.6 Å². The zero-order chi connectivity index (χ0) is 45.5. The lowest BCUT2D eigenvalue weighted by molar-refractivity contribution is 0.280. The summed E-state index contributed by atoms with van der Waals surface area (Å²) in [5.41, 5.74) is 28.1. The van der Waals surface area contributed by atoms with E-state index in [1.807, 2.05) is 36.9 Å². The van der Waals surface area contributed by atoms with E-state index in [0.717, 1.165) is 37.6 Å². The quantitative estimate of drug-likeness (QED) is 0.113. The first-order valence-electron chi connectivity index (χ1n) is 23.5. The molecule has 352 valence electrons. The van der Waals surface area contributed by atoms with Crippen LogP contribution in [0.2, 0.25) is 0 Å². The average molecular weight is 883 g/mol. The molecule has 64 heavy (non-hydrogen) atoms. The van der Waals surface area contributed by atoms with E-state index in [-0.39, 0.29) is 0 Å². The highest BCUT2D eigenvalue weighted by Crippen LogP contribution is 2.35. The van der Waals surface area contributed by atoms with Gasteiger partial charge in [0, 0.05) is 86.4 Å². The summed E-state index contributed by atoms with van der Waals surface area (Å²) >= 11 is 0. The second kappa shape index (κ2) is 27.9. The van der Waals surface area contributed by atoms with Crippen LogP contribution < -0.4 is 37.1 Å². The first-order valence-corrected chi connectivity index (χ1v) is 23.5. The van der Waals surface area contributed by atoms with Gasteiger partial charge in [0.15, 0.2) is 0 Å². The molecule has 0 unspecified atom stereocenters. The van der Waals surface area contributed by atoms with Crippen LogP contribution >= 0.6 is 0 Å². The third kappa shape index (κ3) is 15.7. The fourth-order valence-electron chi connectivity index (χ4n) is 9.07. The van der Waals surface area contributed by atoms with Crippen molar-refractivity contribution in [2.24, 2.45) is 22.9 Å². The largest absolute Gasteiger partial charge is 0.491 e. The lowest BCUT2D eigenvalue weighted by atomic mass is 10.0. The molecule has 0 aromatic carbocycles. The second-order valence-electron chi connectivity index (χ2n) is 17.3. The van der Waals surface area contributed by atoms with Crippen LogP contribution in [0.3, 0.4) is 0 Å². The Bertz CT molecular complexity index is 1820. The number of ether oxygens (including phenoxy) is 3. The van der Waals surface area contributed by atoms with Crippen molar-refractivity contribution in [3.05, 3.63) is 101 Å². The summed E-state index contributed by atoms with van der Waals surface area (Å²) in [5.74, 6) is 2.23. The van der Waals surface area contributed by atoms with Crippen molar-refractivity contribution in [2.75, 3.05) is 100 Å². The minimum absolute atomic E-state index is 0.446. The maximum Gasteiger partial charge on any atom is 0.218 e. The second-order valence-corrected chi connectivity index (χ2v) is 17.3. The van der Waals surface area contributed by atoms with E-state index < -0.39 is 0 Å². The molecule has 4 saturated heterocycles. The van der Waals surface area contributed by atoms with E-state index in [9.17, 15) is 0 Å². The Labute approximate surface area is 383 Å². The van der Waals surface area contributed by atoms with E-state index in [2.05, 4.69) is 92.0 Å². The monoisotopic (exact) mass is 883 g/mol. The van der Waals surface area contributed by atoms with Crippen molar-refractivity contribution in [3.63, 3.8) is 0 Å². The van der Waals surface area contributed by atoms with E-state index in [1.165, 1.54) is 98.8 Å². The molecule has 0 saturated carbocycles. The predicted molar refractivity (Wildman–Crippen MR) is 256 cm³/mol. The molecule has 4 aliphatic rings. The van der Waals surface area contributed by atoms with Crippen LogP contribution in [0.1, 0.15) is 110 Å². The molecule has 4 aliphatic heterocycles.